The van der Waals surface area contributed by atoms with Gasteiger partial charge in [-0.3, -0.25) is 0 Å². The molecule has 0 aliphatic carbocycles. The van der Waals surface area contributed by atoms with E-state index in [1.54, 1.807) is 0 Å². The smallest absolute Gasteiger partial charge is 0.0440 e. The molecule has 1 heteroatoms. The van der Waals surface area contributed by atoms with Crippen molar-refractivity contribution in [2.45, 2.75) is 0 Å². The van der Waals surface area contributed by atoms with Crippen LogP contribution in [-0.4, -0.2) is 0 Å². The minimum Gasteiger partial charge on any atom is -0.134 e. The van der Waals surface area contributed by atoms with Crippen LogP contribution in [0.2, 0.25) is 0 Å². The fourth-order valence-electron chi connectivity index (χ4n) is 9.92. The highest BCUT2D eigenvalue weighted by Crippen LogP contribution is 2.47. The predicted molar refractivity (Wildman–Crippen MR) is 250 cm³/mol. The third kappa shape index (κ3) is 4.49. The maximum atomic E-state index is 2.49. The molecule has 0 fully saturated rings. The lowest BCUT2D eigenvalue weighted by atomic mass is 9.90. The second-order valence-corrected chi connectivity index (χ2v) is 16.6. The second-order valence-electron chi connectivity index (χ2n) is 15.6. The van der Waals surface area contributed by atoms with Gasteiger partial charge in [-0.05, 0) is 139 Å². The number of benzene rings is 12. The topological polar surface area (TPSA) is 0 Å². The fourth-order valence-corrected chi connectivity index (χ4v) is 11.2. The predicted octanol–water partition coefficient (Wildman–Crippen LogP) is 16.6. The molecule has 0 saturated heterocycles. The Bertz CT molecular complexity index is 3860. The summed E-state index contributed by atoms with van der Waals surface area (Å²) in [7, 11) is 0. The van der Waals surface area contributed by atoms with Gasteiger partial charge in [-0.25, -0.2) is 0 Å². The van der Waals surface area contributed by atoms with Crippen LogP contribution in [0.5, 0.6) is 0 Å². The van der Waals surface area contributed by atoms with Gasteiger partial charge in [-0.2, -0.15) is 0 Å². The van der Waals surface area contributed by atoms with Crippen molar-refractivity contribution in [3.63, 3.8) is 0 Å². The summed E-state index contributed by atoms with van der Waals surface area (Å²) in [5.41, 5.74) is 4.98. The Hall–Kier alpha value is -7.06. The highest BCUT2D eigenvalue weighted by molar-refractivity contribution is 7.27. The molecule has 1 aromatic heterocycles. The van der Waals surface area contributed by atoms with Crippen molar-refractivity contribution in [2.24, 2.45) is 0 Å². The van der Waals surface area contributed by atoms with E-state index in [1.807, 2.05) is 11.3 Å². The van der Waals surface area contributed by atoms with Gasteiger partial charge in [-0.1, -0.05) is 158 Å². The Labute approximate surface area is 332 Å². The molecule has 262 valence electrons. The summed E-state index contributed by atoms with van der Waals surface area (Å²) in [4.78, 5) is 0. The van der Waals surface area contributed by atoms with E-state index in [1.165, 1.54) is 129 Å². The van der Waals surface area contributed by atoms with Crippen molar-refractivity contribution in [3.8, 4) is 22.3 Å². The zero-order chi connectivity index (χ0) is 37.2. The lowest BCUT2D eigenvalue weighted by Crippen LogP contribution is -1.87. The van der Waals surface area contributed by atoms with Crippen LogP contribution in [0.3, 0.4) is 0 Å². The van der Waals surface area contributed by atoms with Crippen LogP contribution in [0.15, 0.2) is 194 Å². The summed E-state index contributed by atoms with van der Waals surface area (Å²) in [5, 5.41) is 23.5. The minimum atomic E-state index is 1.23. The van der Waals surface area contributed by atoms with Crippen LogP contribution >= 0.6 is 11.3 Å². The molecule has 13 aromatic rings. The summed E-state index contributed by atoms with van der Waals surface area (Å²) < 4.78 is 2.71. The van der Waals surface area contributed by atoms with E-state index in [2.05, 4.69) is 194 Å². The lowest BCUT2D eigenvalue weighted by Gasteiger charge is -2.14. The zero-order valence-electron chi connectivity index (χ0n) is 30.9. The van der Waals surface area contributed by atoms with Gasteiger partial charge in [0.05, 0.1) is 0 Å². The van der Waals surface area contributed by atoms with Gasteiger partial charge in [0.15, 0.2) is 0 Å². The Morgan fingerprint density at radius 1 is 0.246 bits per heavy atom. The Morgan fingerprint density at radius 3 is 1.49 bits per heavy atom. The highest BCUT2D eigenvalue weighted by Gasteiger charge is 2.18. The molecule has 0 bridgehead atoms. The summed E-state index contributed by atoms with van der Waals surface area (Å²) in [6.45, 7) is 0. The molecule has 0 nitrogen and oxygen atoms in total. The van der Waals surface area contributed by atoms with Crippen LogP contribution in [0.4, 0.5) is 0 Å². The lowest BCUT2D eigenvalue weighted by molar-refractivity contribution is 1.67. The van der Waals surface area contributed by atoms with E-state index in [9.17, 15) is 0 Å². The van der Waals surface area contributed by atoms with Gasteiger partial charge in [0.25, 0.3) is 0 Å². The fraction of sp³-hybridized carbons (Fsp3) is 0. The third-order valence-electron chi connectivity index (χ3n) is 12.6. The van der Waals surface area contributed by atoms with Gasteiger partial charge in [-0.15, -0.1) is 11.3 Å². The summed E-state index contributed by atoms with van der Waals surface area (Å²) in [6, 6.07) is 72.7. The third-order valence-corrected chi connectivity index (χ3v) is 13.7. The van der Waals surface area contributed by atoms with Gasteiger partial charge in [0.1, 0.15) is 0 Å². The summed E-state index contributed by atoms with van der Waals surface area (Å²) in [6.07, 6.45) is 0. The number of hydrogen-bond acceptors (Lipinski definition) is 1. The zero-order valence-corrected chi connectivity index (χ0v) is 31.7. The van der Waals surface area contributed by atoms with E-state index >= 15 is 0 Å². The van der Waals surface area contributed by atoms with Crippen molar-refractivity contribution >= 4 is 118 Å². The first-order valence-electron chi connectivity index (χ1n) is 19.7. The number of fused-ring (bicyclic) bond motifs is 18. The molecule has 0 aliphatic rings. The summed E-state index contributed by atoms with van der Waals surface area (Å²) >= 11 is 1.94. The molecule has 13 rings (SSSR count). The Kier molecular flexibility index (Phi) is 6.41. The molecular weight excluding hydrogens is 705 g/mol. The van der Waals surface area contributed by atoms with Crippen LogP contribution in [-0.2, 0) is 0 Å². The van der Waals surface area contributed by atoms with Crippen molar-refractivity contribution in [2.75, 3.05) is 0 Å². The number of rotatable bonds is 2. The molecule has 57 heavy (non-hydrogen) atoms. The van der Waals surface area contributed by atoms with Crippen LogP contribution in [0.25, 0.3) is 129 Å². The molecule has 0 unspecified atom stereocenters. The van der Waals surface area contributed by atoms with Crippen molar-refractivity contribution in [1.82, 2.24) is 0 Å². The molecule has 1 heterocycles. The molecule has 0 amide bonds. The summed E-state index contributed by atoms with van der Waals surface area (Å²) in [5.74, 6) is 0. The van der Waals surface area contributed by atoms with Gasteiger partial charge < -0.3 is 0 Å². The average Bonchev–Trinajstić information content (AvgIpc) is 3.67. The van der Waals surface area contributed by atoms with Crippen LogP contribution < -0.4 is 0 Å². The SMILES string of the molecule is c1ccc2c(c1)cc(-c1ccc3ccc(-c4ccc5c(c4)c4ccccc4c4cc6c(cc54)sc4c5ccccc5c5ccccc5c64)cc3c1)c1ccccc12. The molecule has 12 aromatic carbocycles. The average molecular weight is 737 g/mol. The minimum absolute atomic E-state index is 1.23. The maximum Gasteiger partial charge on any atom is 0.0440 e. The number of thiophene rings is 1. The molecule has 0 aliphatic heterocycles. The first-order chi connectivity index (χ1) is 28.2. The molecule has 0 saturated carbocycles. The monoisotopic (exact) mass is 736 g/mol. The van der Waals surface area contributed by atoms with E-state index in [0.29, 0.717) is 0 Å². The normalized spacial score (nSPS) is 12.2. The molecule has 0 spiro atoms. The quantitative estimate of drug-likeness (QED) is 0.155. The van der Waals surface area contributed by atoms with E-state index in [0.717, 1.165) is 0 Å². The first kappa shape index (κ1) is 31.2. The van der Waals surface area contributed by atoms with E-state index in [4.69, 9.17) is 0 Å². The van der Waals surface area contributed by atoms with Gasteiger partial charge in [0, 0.05) is 25.6 Å². The first-order valence-corrected chi connectivity index (χ1v) is 20.6. The molecule has 0 atom stereocenters. The van der Waals surface area contributed by atoms with E-state index < -0.39 is 0 Å². The van der Waals surface area contributed by atoms with Gasteiger partial charge in [0.2, 0.25) is 0 Å². The Morgan fingerprint density at radius 2 is 0.737 bits per heavy atom. The van der Waals surface area contributed by atoms with E-state index in [-0.39, 0.29) is 0 Å². The molecular formula is C56H32S. The molecule has 0 N–H and O–H groups in total. The van der Waals surface area contributed by atoms with Crippen molar-refractivity contribution in [3.05, 3.63) is 194 Å². The molecule has 0 radical (unpaired) electrons. The second kappa shape index (κ2) is 11.7. The largest absolute Gasteiger partial charge is 0.134 e. The van der Waals surface area contributed by atoms with Crippen LogP contribution in [0, 0.1) is 0 Å². The number of hydrogen-bond donors (Lipinski definition) is 0. The maximum absolute atomic E-state index is 2.49. The van der Waals surface area contributed by atoms with Crippen molar-refractivity contribution < 1.29 is 0 Å². The van der Waals surface area contributed by atoms with Gasteiger partial charge >= 0.3 is 0 Å². The highest BCUT2D eigenvalue weighted by atomic mass is 32.1. The standard InChI is InChI=1S/C56H32S/c1-2-12-39-36(11-1)30-49(43-16-4-3-13-40(39)43)37-24-22-33-21-23-34(27-38(33)28-37)35-25-26-46-50(29-35)44-17-5-6-18-45(44)51-31-53-54(32-52(46)51)57-56-48-20-10-8-15-42(48)41-14-7-9-19-47(41)55(53)56/h1-32H. The van der Waals surface area contributed by atoms with Crippen molar-refractivity contribution in [1.29, 1.82) is 0 Å². The Balaban J connectivity index is 1.01. The van der Waals surface area contributed by atoms with Crippen LogP contribution in [0.1, 0.15) is 0 Å².